The molecular formula is C26H27NO4. The van der Waals surface area contributed by atoms with Gasteiger partial charge in [-0.3, -0.25) is 4.79 Å². The van der Waals surface area contributed by atoms with Crippen LogP contribution in [0.25, 0.3) is 6.08 Å². The first-order chi connectivity index (χ1) is 15.0. The number of hydrogen-bond donors (Lipinski definition) is 1. The van der Waals surface area contributed by atoms with E-state index < -0.39 is 12.1 Å². The molecule has 31 heavy (non-hydrogen) atoms. The fourth-order valence-corrected chi connectivity index (χ4v) is 3.22. The lowest BCUT2D eigenvalue weighted by atomic mass is 10.1. The minimum absolute atomic E-state index is 0.00879. The van der Waals surface area contributed by atoms with E-state index in [0.29, 0.717) is 24.2 Å². The van der Waals surface area contributed by atoms with E-state index >= 15 is 0 Å². The molecule has 0 aliphatic carbocycles. The van der Waals surface area contributed by atoms with Gasteiger partial charge in [0.1, 0.15) is 0 Å². The lowest BCUT2D eigenvalue weighted by Crippen LogP contribution is -2.22. The van der Waals surface area contributed by atoms with Gasteiger partial charge in [-0.25, -0.2) is 4.79 Å². The van der Waals surface area contributed by atoms with Crippen LogP contribution in [0.15, 0.2) is 72.9 Å². The molecule has 0 spiro atoms. The number of carboxylic acid groups (broad SMARTS) is 1. The van der Waals surface area contributed by atoms with Crippen molar-refractivity contribution in [2.75, 3.05) is 0 Å². The van der Waals surface area contributed by atoms with Crippen molar-refractivity contribution in [1.82, 2.24) is 4.57 Å². The average Bonchev–Trinajstić information content (AvgIpc) is 3.23. The molecule has 0 saturated heterocycles. The fraction of sp³-hybridized carbons (Fsp3) is 0.231. The van der Waals surface area contributed by atoms with Crippen LogP contribution in [0.5, 0.6) is 0 Å². The molecule has 0 aliphatic heterocycles. The summed E-state index contributed by atoms with van der Waals surface area (Å²) in [6.45, 7) is 4.64. The molecule has 2 aromatic carbocycles. The summed E-state index contributed by atoms with van der Waals surface area (Å²) in [4.78, 5) is 23.8. The molecule has 0 bridgehead atoms. The van der Waals surface area contributed by atoms with Gasteiger partial charge in [0.2, 0.25) is 5.78 Å². The molecule has 1 heterocycles. The second-order valence-electron chi connectivity index (χ2n) is 7.43. The van der Waals surface area contributed by atoms with Crippen molar-refractivity contribution >= 4 is 17.8 Å². The Balaban J connectivity index is 1.59. The van der Waals surface area contributed by atoms with Crippen LogP contribution in [0.3, 0.4) is 0 Å². The highest BCUT2D eigenvalue weighted by Crippen LogP contribution is 2.14. The van der Waals surface area contributed by atoms with Crippen molar-refractivity contribution in [2.45, 2.75) is 39.5 Å². The number of carbonyl (C=O) groups excluding carboxylic acids is 1. The highest BCUT2D eigenvalue weighted by molar-refractivity contribution is 6.08. The Morgan fingerprint density at radius 1 is 1.06 bits per heavy atom. The number of ketones is 1. The van der Waals surface area contributed by atoms with Crippen molar-refractivity contribution < 1.29 is 19.4 Å². The highest BCUT2D eigenvalue weighted by atomic mass is 16.5. The summed E-state index contributed by atoms with van der Waals surface area (Å²) in [7, 11) is 0. The standard InChI is InChI=1S/C26H27NO4/c1-3-24(26(29)30)31-18-21-12-10-20(11-13-21)6-4-16-27-17-5-7-23(27)25(28)22-14-8-19(2)9-15-22/h4-15,17,24H,3,16,18H2,1-2H3,(H,29,30). The number of rotatable bonds is 10. The van der Waals surface area contributed by atoms with Gasteiger partial charge in [0, 0.05) is 18.3 Å². The van der Waals surface area contributed by atoms with Gasteiger partial charge in [0.15, 0.2) is 6.10 Å². The molecule has 0 saturated carbocycles. The maximum absolute atomic E-state index is 12.8. The normalized spacial score (nSPS) is 12.2. The van der Waals surface area contributed by atoms with Crippen molar-refractivity contribution in [2.24, 2.45) is 0 Å². The number of aliphatic carboxylic acids is 1. The summed E-state index contributed by atoms with van der Waals surface area (Å²) < 4.78 is 7.36. The summed E-state index contributed by atoms with van der Waals surface area (Å²) in [5.74, 6) is -0.929. The number of benzene rings is 2. The molecule has 3 aromatic rings. The number of allylic oxidation sites excluding steroid dienone is 1. The molecule has 5 nitrogen and oxygen atoms in total. The van der Waals surface area contributed by atoms with Crippen molar-refractivity contribution in [1.29, 1.82) is 0 Å². The van der Waals surface area contributed by atoms with Crippen LogP contribution in [-0.4, -0.2) is 27.5 Å². The summed E-state index contributed by atoms with van der Waals surface area (Å²) in [5, 5.41) is 9.04. The molecule has 5 heteroatoms. The Morgan fingerprint density at radius 2 is 1.77 bits per heavy atom. The molecule has 3 rings (SSSR count). The maximum atomic E-state index is 12.8. The van der Waals surface area contributed by atoms with Crippen LogP contribution in [0.1, 0.15) is 46.1 Å². The summed E-state index contributed by atoms with van der Waals surface area (Å²) in [5.41, 5.74) is 4.41. The molecular weight excluding hydrogens is 390 g/mol. The van der Waals surface area contributed by atoms with E-state index in [2.05, 4.69) is 0 Å². The third-order valence-electron chi connectivity index (χ3n) is 5.07. The van der Waals surface area contributed by atoms with Crippen LogP contribution in [0, 0.1) is 6.92 Å². The maximum Gasteiger partial charge on any atom is 0.332 e. The van der Waals surface area contributed by atoms with E-state index in [1.807, 2.05) is 90.5 Å². The highest BCUT2D eigenvalue weighted by Gasteiger charge is 2.15. The van der Waals surface area contributed by atoms with Crippen LogP contribution in [-0.2, 0) is 22.7 Å². The second kappa shape index (κ2) is 10.5. The van der Waals surface area contributed by atoms with Gasteiger partial charge in [-0.1, -0.05) is 73.2 Å². The van der Waals surface area contributed by atoms with E-state index in [9.17, 15) is 9.59 Å². The van der Waals surface area contributed by atoms with Gasteiger partial charge >= 0.3 is 5.97 Å². The zero-order valence-corrected chi connectivity index (χ0v) is 17.8. The molecule has 0 aliphatic rings. The number of hydrogen-bond acceptors (Lipinski definition) is 3. The molecule has 1 N–H and O–H groups in total. The Bertz CT molecular complexity index is 1050. The van der Waals surface area contributed by atoms with Crippen LogP contribution >= 0.6 is 0 Å². The largest absolute Gasteiger partial charge is 0.479 e. The predicted molar refractivity (Wildman–Crippen MR) is 121 cm³/mol. The molecule has 0 amide bonds. The minimum Gasteiger partial charge on any atom is -0.479 e. The number of aromatic nitrogens is 1. The Labute approximate surface area is 182 Å². The van der Waals surface area contributed by atoms with Crippen LogP contribution in [0.4, 0.5) is 0 Å². The monoisotopic (exact) mass is 417 g/mol. The number of ether oxygens (including phenoxy) is 1. The minimum atomic E-state index is -0.938. The third kappa shape index (κ3) is 6.03. The van der Waals surface area contributed by atoms with Gasteiger partial charge in [0.25, 0.3) is 0 Å². The first-order valence-corrected chi connectivity index (χ1v) is 10.3. The Hall–Kier alpha value is -3.44. The van der Waals surface area contributed by atoms with Crippen LogP contribution in [0.2, 0.25) is 0 Å². The van der Waals surface area contributed by atoms with Gasteiger partial charge in [-0.15, -0.1) is 0 Å². The molecule has 1 unspecified atom stereocenters. The van der Waals surface area contributed by atoms with Gasteiger partial charge in [-0.2, -0.15) is 0 Å². The third-order valence-corrected chi connectivity index (χ3v) is 5.07. The predicted octanol–water partition coefficient (Wildman–Crippen LogP) is 5.12. The molecule has 160 valence electrons. The van der Waals surface area contributed by atoms with Crippen molar-refractivity contribution in [3.63, 3.8) is 0 Å². The number of nitrogens with zero attached hydrogens (tertiary/aromatic N) is 1. The van der Waals surface area contributed by atoms with E-state index in [4.69, 9.17) is 9.84 Å². The van der Waals surface area contributed by atoms with E-state index in [1.54, 1.807) is 6.92 Å². The topological polar surface area (TPSA) is 68.5 Å². The number of aryl methyl sites for hydroxylation is 1. The van der Waals surface area contributed by atoms with E-state index in [1.165, 1.54) is 0 Å². The molecule has 1 aromatic heterocycles. The van der Waals surface area contributed by atoms with Gasteiger partial charge in [-0.05, 0) is 36.6 Å². The Morgan fingerprint density at radius 3 is 2.42 bits per heavy atom. The van der Waals surface area contributed by atoms with Gasteiger partial charge < -0.3 is 14.4 Å². The summed E-state index contributed by atoms with van der Waals surface area (Å²) in [6.07, 6.45) is 5.56. The van der Waals surface area contributed by atoms with Gasteiger partial charge in [0.05, 0.1) is 12.3 Å². The van der Waals surface area contributed by atoms with E-state index in [0.717, 1.165) is 16.7 Å². The lowest BCUT2D eigenvalue weighted by Gasteiger charge is -2.11. The Kier molecular flexibility index (Phi) is 7.57. The summed E-state index contributed by atoms with van der Waals surface area (Å²) in [6, 6.07) is 19.1. The first-order valence-electron chi connectivity index (χ1n) is 10.3. The molecule has 0 fully saturated rings. The average molecular weight is 418 g/mol. The van der Waals surface area contributed by atoms with Crippen LogP contribution < -0.4 is 0 Å². The zero-order valence-electron chi connectivity index (χ0n) is 17.8. The van der Waals surface area contributed by atoms with Crippen molar-refractivity contribution in [3.05, 3.63) is 101 Å². The smallest absolute Gasteiger partial charge is 0.332 e. The first kappa shape index (κ1) is 22.2. The van der Waals surface area contributed by atoms with E-state index in [-0.39, 0.29) is 12.4 Å². The second-order valence-corrected chi connectivity index (χ2v) is 7.43. The zero-order chi connectivity index (χ0) is 22.2. The molecule has 1 atom stereocenters. The number of carboxylic acids is 1. The fourth-order valence-electron chi connectivity index (χ4n) is 3.22. The summed E-state index contributed by atoms with van der Waals surface area (Å²) >= 11 is 0. The molecule has 0 radical (unpaired) electrons. The lowest BCUT2D eigenvalue weighted by molar-refractivity contribution is -0.151. The SMILES string of the molecule is CCC(OCc1ccc(C=CCn2cccc2C(=O)c2ccc(C)cc2)cc1)C(=O)O. The quantitative estimate of drug-likeness (QED) is 0.465. The number of carbonyl (C=O) groups is 2. The van der Waals surface area contributed by atoms with Crippen molar-refractivity contribution in [3.8, 4) is 0 Å².